The highest BCUT2D eigenvalue weighted by Gasteiger charge is 2.14. The smallest absolute Gasteiger partial charge is 0.287 e. The minimum absolute atomic E-state index is 0.213. The van der Waals surface area contributed by atoms with Gasteiger partial charge in [-0.3, -0.25) is 4.79 Å². The van der Waals surface area contributed by atoms with Crippen molar-refractivity contribution in [3.05, 3.63) is 70.9 Å². The molecule has 0 spiro atoms. The summed E-state index contributed by atoms with van der Waals surface area (Å²) in [5, 5.41) is 4.36. The van der Waals surface area contributed by atoms with E-state index in [0.29, 0.717) is 22.9 Å². The van der Waals surface area contributed by atoms with Crippen LogP contribution in [0.25, 0.3) is 11.0 Å². The number of fused-ring (bicyclic) bond motifs is 1. The van der Waals surface area contributed by atoms with Crippen molar-refractivity contribution in [3.8, 4) is 0 Å². The molecule has 0 fully saturated rings. The Morgan fingerprint density at radius 2 is 1.95 bits per heavy atom. The second-order valence-corrected chi connectivity index (χ2v) is 5.75. The average molecular weight is 314 g/mol. The predicted molar refractivity (Wildman–Crippen MR) is 88.4 cm³/mol. The zero-order chi connectivity index (χ0) is 15.5. The monoisotopic (exact) mass is 313 g/mol. The van der Waals surface area contributed by atoms with Crippen LogP contribution in [0.2, 0.25) is 5.02 Å². The van der Waals surface area contributed by atoms with Crippen LogP contribution in [0.3, 0.4) is 0 Å². The van der Waals surface area contributed by atoms with E-state index in [1.807, 2.05) is 18.2 Å². The third-order valence-corrected chi connectivity index (χ3v) is 3.87. The van der Waals surface area contributed by atoms with Crippen LogP contribution in [0.1, 0.15) is 29.0 Å². The van der Waals surface area contributed by atoms with E-state index < -0.39 is 0 Å². The SMILES string of the molecule is C[C@@H](CNC(=O)c1cc2cc(Cl)ccc2o1)c1ccccc1. The fourth-order valence-electron chi connectivity index (χ4n) is 2.36. The maximum absolute atomic E-state index is 12.2. The van der Waals surface area contributed by atoms with Crippen LogP contribution in [-0.4, -0.2) is 12.5 Å². The zero-order valence-electron chi connectivity index (χ0n) is 12.2. The Morgan fingerprint density at radius 1 is 1.18 bits per heavy atom. The van der Waals surface area contributed by atoms with Crippen LogP contribution in [0.4, 0.5) is 0 Å². The summed E-state index contributed by atoms with van der Waals surface area (Å²) in [6.45, 7) is 2.63. The number of carbonyl (C=O) groups excluding carboxylic acids is 1. The average Bonchev–Trinajstić information content (AvgIpc) is 2.96. The summed E-state index contributed by atoms with van der Waals surface area (Å²) in [5.74, 6) is 0.330. The molecule has 0 aliphatic heterocycles. The molecular weight excluding hydrogens is 298 g/mol. The van der Waals surface area contributed by atoms with Crippen molar-refractivity contribution in [1.82, 2.24) is 5.32 Å². The van der Waals surface area contributed by atoms with Crippen molar-refractivity contribution < 1.29 is 9.21 Å². The summed E-state index contributed by atoms with van der Waals surface area (Å²) in [6, 6.07) is 17.1. The molecule has 1 aromatic heterocycles. The Labute approximate surface area is 133 Å². The topological polar surface area (TPSA) is 42.2 Å². The third kappa shape index (κ3) is 3.15. The first-order chi connectivity index (χ1) is 10.6. The highest BCUT2D eigenvalue weighted by molar-refractivity contribution is 6.31. The molecule has 0 aliphatic carbocycles. The van der Waals surface area contributed by atoms with Gasteiger partial charge in [0.2, 0.25) is 0 Å². The number of benzene rings is 2. The second kappa shape index (κ2) is 6.24. The van der Waals surface area contributed by atoms with Crippen molar-refractivity contribution in [1.29, 1.82) is 0 Å². The van der Waals surface area contributed by atoms with E-state index in [4.69, 9.17) is 16.0 Å². The number of carbonyl (C=O) groups is 1. The van der Waals surface area contributed by atoms with Crippen molar-refractivity contribution in [2.24, 2.45) is 0 Å². The Morgan fingerprint density at radius 3 is 2.73 bits per heavy atom. The van der Waals surface area contributed by atoms with Crippen LogP contribution in [0.15, 0.2) is 59.0 Å². The number of halogens is 1. The van der Waals surface area contributed by atoms with Crippen LogP contribution < -0.4 is 5.32 Å². The van der Waals surface area contributed by atoms with Gasteiger partial charge >= 0.3 is 0 Å². The number of hydrogen-bond donors (Lipinski definition) is 1. The molecule has 0 bridgehead atoms. The standard InChI is InChI=1S/C18H16ClNO2/c1-12(13-5-3-2-4-6-13)11-20-18(21)17-10-14-9-15(19)7-8-16(14)22-17/h2-10,12H,11H2,1H3,(H,20,21)/t12-/m0/s1. The van der Waals surface area contributed by atoms with Gasteiger partial charge < -0.3 is 9.73 Å². The lowest BCUT2D eigenvalue weighted by molar-refractivity contribution is 0.0926. The van der Waals surface area contributed by atoms with Gasteiger partial charge in [-0.05, 0) is 35.7 Å². The number of rotatable bonds is 4. The Balaban J connectivity index is 1.68. The summed E-state index contributed by atoms with van der Waals surface area (Å²) in [4.78, 5) is 12.2. The molecule has 3 nitrogen and oxygen atoms in total. The molecule has 0 saturated carbocycles. The van der Waals surface area contributed by atoms with Crippen LogP contribution in [0.5, 0.6) is 0 Å². The summed E-state index contributed by atoms with van der Waals surface area (Å²) in [6.07, 6.45) is 0. The summed E-state index contributed by atoms with van der Waals surface area (Å²) in [7, 11) is 0. The maximum Gasteiger partial charge on any atom is 0.287 e. The number of amides is 1. The van der Waals surface area contributed by atoms with Crippen LogP contribution in [0, 0.1) is 0 Å². The van der Waals surface area contributed by atoms with Gasteiger partial charge in [0, 0.05) is 17.0 Å². The van der Waals surface area contributed by atoms with Gasteiger partial charge in [0.15, 0.2) is 5.76 Å². The maximum atomic E-state index is 12.2. The minimum Gasteiger partial charge on any atom is -0.451 e. The normalized spacial score (nSPS) is 12.3. The summed E-state index contributed by atoms with van der Waals surface area (Å²) < 4.78 is 5.55. The number of nitrogens with one attached hydrogen (secondary N) is 1. The molecule has 112 valence electrons. The molecule has 0 radical (unpaired) electrons. The molecule has 1 amide bonds. The fourth-order valence-corrected chi connectivity index (χ4v) is 2.54. The van der Waals surface area contributed by atoms with Crippen molar-refractivity contribution in [3.63, 3.8) is 0 Å². The van der Waals surface area contributed by atoms with Crippen molar-refractivity contribution in [2.45, 2.75) is 12.8 Å². The third-order valence-electron chi connectivity index (χ3n) is 3.64. The van der Waals surface area contributed by atoms with Gasteiger partial charge in [-0.25, -0.2) is 0 Å². The first kappa shape index (κ1) is 14.7. The summed E-state index contributed by atoms with van der Waals surface area (Å²) in [5.41, 5.74) is 1.85. The molecule has 3 aromatic rings. The van der Waals surface area contributed by atoms with E-state index in [9.17, 15) is 4.79 Å². The lowest BCUT2D eigenvalue weighted by Crippen LogP contribution is -2.27. The van der Waals surface area contributed by atoms with Gasteiger partial charge in [0.05, 0.1) is 0 Å². The number of hydrogen-bond acceptors (Lipinski definition) is 2. The van der Waals surface area contributed by atoms with Crippen molar-refractivity contribution >= 4 is 28.5 Å². The van der Waals surface area contributed by atoms with Gasteiger partial charge in [0.1, 0.15) is 5.58 Å². The molecular formula is C18H16ClNO2. The van der Waals surface area contributed by atoms with Gasteiger partial charge in [-0.15, -0.1) is 0 Å². The zero-order valence-corrected chi connectivity index (χ0v) is 12.9. The first-order valence-corrected chi connectivity index (χ1v) is 7.53. The highest BCUT2D eigenvalue weighted by atomic mass is 35.5. The molecule has 0 saturated heterocycles. The lowest BCUT2D eigenvalue weighted by Gasteiger charge is -2.12. The van der Waals surface area contributed by atoms with Crippen LogP contribution >= 0.6 is 11.6 Å². The lowest BCUT2D eigenvalue weighted by atomic mass is 10.0. The molecule has 1 heterocycles. The quantitative estimate of drug-likeness (QED) is 0.763. The predicted octanol–water partition coefficient (Wildman–Crippen LogP) is 4.62. The van der Waals surface area contributed by atoms with Gasteiger partial charge in [-0.1, -0.05) is 48.9 Å². The largest absolute Gasteiger partial charge is 0.451 e. The number of furan rings is 1. The van der Waals surface area contributed by atoms with Crippen molar-refractivity contribution in [2.75, 3.05) is 6.54 Å². The second-order valence-electron chi connectivity index (χ2n) is 5.31. The van der Waals surface area contributed by atoms with E-state index in [2.05, 4.69) is 24.4 Å². The van der Waals surface area contributed by atoms with E-state index in [1.54, 1.807) is 24.3 Å². The molecule has 1 atom stereocenters. The molecule has 1 N–H and O–H groups in total. The summed E-state index contributed by atoms with van der Waals surface area (Å²) >= 11 is 5.94. The van der Waals surface area contributed by atoms with Gasteiger partial charge in [0.25, 0.3) is 5.91 Å². The van der Waals surface area contributed by atoms with E-state index in [1.165, 1.54) is 5.56 Å². The molecule has 3 rings (SSSR count). The first-order valence-electron chi connectivity index (χ1n) is 7.16. The minimum atomic E-state index is -0.213. The van der Waals surface area contributed by atoms with E-state index in [0.717, 1.165) is 5.39 Å². The Hall–Kier alpha value is -2.26. The molecule has 0 unspecified atom stereocenters. The van der Waals surface area contributed by atoms with E-state index in [-0.39, 0.29) is 11.8 Å². The molecule has 22 heavy (non-hydrogen) atoms. The van der Waals surface area contributed by atoms with E-state index >= 15 is 0 Å². The Kier molecular flexibility index (Phi) is 4.16. The van der Waals surface area contributed by atoms with Gasteiger partial charge in [-0.2, -0.15) is 0 Å². The Bertz CT molecular complexity index is 795. The molecule has 0 aliphatic rings. The highest BCUT2D eigenvalue weighted by Crippen LogP contribution is 2.23. The fraction of sp³-hybridized carbons (Fsp3) is 0.167. The molecule has 2 aromatic carbocycles. The molecule has 4 heteroatoms. The van der Waals surface area contributed by atoms with Crippen LogP contribution in [-0.2, 0) is 0 Å².